The summed E-state index contributed by atoms with van der Waals surface area (Å²) >= 11 is 0. The standard InChI is InChI=1S/C13H16FNO6S/c1-3-6-15(8-12(16)17)22(19,20)11-5-4-9(14)7-10(11)13(18)21-2/h4-5,7H,3,6,8H2,1-2H3,(H,16,17). The summed E-state index contributed by atoms with van der Waals surface area (Å²) in [7, 11) is -3.24. The predicted molar refractivity (Wildman–Crippen MR) is 74.4 cm³/mol. The van der Waals surface area contributed by atoms with Gasteiger partial charge in [-0.15, -0.1) is 0 Å². The molecule has 0 bridgehead atoms. The van der Waals surface area contributed by atoms with Crippen LogP contribution in [0.4, 0.5) is 4.39 Å². The zero-order valence-electron chi connectivity index (χ0n) is 12.1. The van der Waals surface area contributed by atoms with Gasteiger partial charge in [-0.2, -0.15) is 4.31 Å². The van der Waals surface area contributed by atoms with Crippen molar-refractivity contribution in [3.63, 3.8) is 0 Å². The summed E-state index contributed by atoms with van der Waals surface area (Å²) in [5.74, 6) is -3.16. The number of hydrogen-bond donors (Lipinski definition) is 1. The third-order valence-electron chi connectivity index (χ3n) is 2.75. The Morgan fingerprint density at radius 1 is 1.36 bits per heavy atom. The minimum Gasteiger partial charge on any atom is -0.480 e. The molecule has 0 atom stereocenters. The second-order valence-electron chi connectivity index (χ2n) is 4.36. The van der Waals surface area contributed by atoms with E-state index in [0.717, 1.165) is 29.6 Å². The first kappa shape index (κ1) is 18.1. The first-order chi connectivity index (χ1) is 10.2. The summed E-state index contributed by atoms with van der Waals surface area (Å²) in [6.45, 7) is 0.872. The molecule has 0 heterocycles. The Kier molecular flexibility index (Phi) is 6.01. The van der Waals surface area contributed by atoms with Crippen molar-refractivity contribution in [1.29, 1.82) is 0 Å². The summed E-state index contributed by atoms with van der Waals surface area (Å²) in [5.41, 5.74) is -0.478. The van der Waals surface area contributed by atoms with Crippen LogP contribution in [0.15, 0.2) is 23.1 Å². The number of carboxylic acid groups (broad SMARTS) is 1. The van der Waals surface area contributed by atoms with E-state index in [4.69, 9.17) is 5.11 Å². The molecule has 0 aliphatic rings. The second-order valence-corrected chi connectivity index (χ2v) is 6.27. The van der Waals surface area contributed by atoms with E-state index in [2.05, 4.69) is 4.74 Å². The highest BCUT2D eigenvalue weighted by atomic mass is 32.2. The van der Waals surface area contributed by atoms with Crippen molar-refractivity contribution in [2.45, 2.75) is 18.2 Å². The molecule has 0 amide bonds. The molecule has 0 saturated heterocycles. The number of sulfonamides is 1. The van der Waals surface area contributed by atoms with Crippen LogP contribution in [0.5, 0.6) is 0 Å². The van der Waals surface area contributed by atoms with Crippen LogP contribution >= 0.6 is 0 Å². The second kappa shape index (κ2) is 7.32. The van der Waals surface area contributed by atoms with Gasteiger partial charge < -0.3 is 9.84 Å². The molecular formula is C13H16FNO6S. The van der Waals surface area contributed by atoms with Crippen LogP contribution in [0.1, 0.15) is 23.7 Å². The van der Waals surface area contributed by atoms with Crippen molar-refractivity contribution >= 4 is 22.0 Å². The summed E-state index contributed by atoms with van der Waals surface area (Å²) in [6.07, 6.45) is 0.376. The number of esters is 1. The molecule has 0 saturated carbocycles. The Morgan fingerprint density at radius 2 is 2.00 bits per heavy atom. The number of benzene rings is 1. The van der Waals surface area contributed by atoms with Crippen LogP contribution < -0.4 is 0 Å². The molecule has 0 spiro atoms. The number of ether oxygens (including phenoxy) is 1. The summed E-state index contributed by atoms with van der Waals surface area (Å²) < 4.78 is 43.5. The van der Waals surface area contributed by atoms with Crippen molar-refractivity contribution in [1.82, 2.24) is 4.31 Å². The number of carbonyl (C=O) groups is 2. The molecule has 1 aromatic rings. The van der Waals surface area contributed by atoms with Gasteiger partial charge in [0, 0.05) is 6.54 Å². The van der Waals surface area contributed by atoms with E-state index in [9.17, 15) is 22.4 Å². The van der Waals surface area contributed by atoms with Crippen LogP contribution in [-0.2, 0) is 19.6 Å². The highest BCUT2D eigenvalue weighted by Crippen LogP contribution is 2.22. The van der Waals surface area contributed by atoms with Gasteiger partial charge in [0.05, 0.1) is 17.6 Å². The van der Waals surface area contributed by atoms with E-state index in [1.807, 2.05) is 0 Å². The molecule has 0 aliphatic heterocycles. The predicted octanol–water partition coefficient (Wildman–Crippen LogP) is 1.10. The molecular weight excluding hydrogens is 317 g/mol. The molecule has 1 N–H and O–H groups in total. The van der Waals surface area contributed by atoms with Gasteiger partial charge in [0.1, 0.15) is 12.4 Å². The van der Waals surface area contributed by atoms with Gasteiger partial charge in [-0.25, -0.2) is 17.6 Å². The number of halogens is 1. The Balaban J connectivity index is 3.43. The van der Waals surface area contributed by atoms with Crippen LogP contribution in [0.2, 0.25) is 0 Å². The van der Waals surface area contributed by atoms with Gasteiger partial charge in [-0.3, -0.25) is 4.79 Å². The lowest BCUT2D eigenvalue weighted by Crippen LogP contribution is -2.37. The SMILES string of the molecule is CCCN(CC(=O)O)S(=O)(=O)c1ccc(F)cc1C(=O)OC. The first-order valence-electron chi connectivity index (χ1n) is 6.33. The van der Waals surface area contributed by atoms with Crippen LogP contribution in [0.25, 0.3) is 0 Å². The molecule has 7 nitrogen and oxygen atoms in total. The van der Waals surface area contributed by atoms with Gasteiger partial charge in [-0.1, -0.05) is 6.92 Å². The number of hydrogen-bond acceptors (Lipinski definition) is 5. The van der Waals surface area contributed by atoms with Crippen molar-refractivity contribution in [3.8, 4) is 0 Å². The maximum Gasteiger partial charge on any atom is 0.339 e. The number of rotatable bonds is 7. The van der Waals surface area contributed by atoms with Gasteiger partial charge in [-0.05, 0) is 24.6 Å². The van der Waals surface area contributed by atoms with Crippen molar-refractivity contribution in [3.05, 3.63) is 29.6 Å². The van der Waals surface area contributed by atoms with E-state index in [0.29, 0.717) is 6.42 Å². The zero-order chi connectivity index (χ0) is 16.9. The van der Waals surface area contributed by atoms with Crippen molar-refractivity contribution in [2.75, 3.05) is 20.2 Å². The molecule has 0 radical (unpaired) electrons. The molecule has 22 heavy (non-hydrogen) atoms. The lowest BCUT2D eigenvalue weighted by Gasteiger charge is -2.20. The van der Waals surface area contributed by atoms with Crippen LogP contribution in [0, 0.1) is 5.82 Å². The van der Waals surface area contributed by atoms with E-state index in [1.54, 1.807) is 6.92 Å². The van der Waals surface area contributed by atoms with E-state index < -0.39 is 44.8 Å². The quantitative estimate of drug-likeness (QED) is 0.750. The van der Waals surface area contributed by atoms with Gasteiger partial charge in [0.25, 0.3) is 0 Å². The normalized spacial score (nSPS) is 11.5. The number of carboxylic acids is 1. The summed E-state index contributed by atoms with van der Waals surface area (Å²) in [4.78, 5) is 22.0. The van der Waals surface area contributed by atoms with Crippen LogP contribution in [0.3, 0.4) is 0 Å². The number of methoxy groups -OCH3 is 1. The maximum absolute atomic E-state index is 13.3. The topological polar surface area (TPSA) is 101 Å². The van der Waals surface area contributed by atoms with Crippen molar-refractivity contribution in [2.24, 2.45) is 0 Å². The largest absolute Gasteiger partial charge is 0.480 e. The lowest BCUT2D eigenvalue weighted by molar-refractivity contribution is -0.137. The maximum atomic E-state index is 13.3. The first-order valence-corrected chi connectivity index (χ1v) is 7.77. The fourth-order valence-electron chi connectivity index (χ4n) is 1.82. The van der Waals surface area contributed by atoms with Crippen molar-refractivity contribution < 1.29 is 32.2 Å². The fourth-order valence-corrected chi connectivity index (χ4v) is 3.46. The molecule has 0 unspecified atom stereocenters. The monoisotopic (exact) mass is 333 g/mol. The summed E-state index contributed by atoms with van der Waals surface area (Å²) in [5, 5.41) is 8.83. The highest BCUT2D eigenvalue weighted by Gasteiger charge is 2.30. The zero-order valence-corrected chi connectivity index (χ0v) is 12.9. The molecule has 9 heteroatoms. The van der Waals surface area contributed by atoms with Gasteiger partial charge >= 0.3 is 11.9 Å². The van der Waals surface area contributed by atoms with Gasteiger partial charge in [0.2, 0.25) is 10.0 Å². The third-order valence-corrected chi connectivity index (χ3v) is 4.65. The van der Waals surface area contributed by atoms with E-state index in [-0.39, 0.29) is 6.54 Å². The average Bonchev–Trinajstić information content (AvgIpc) is 2.45. The van der Waals surface area contributed by atoms with E-state index in [1.165, 1.54) is 0 Å². The number of carbonyl (C=O) groups excluding carboxylic acids is 1. The molecule has 122 valence electrons. The Bertz CT molecular complexity index is 673. The average molecular weight is 333 g/mol. The van der Waals surface area contributed by atoms with Crippen LogP contribution in [-0.4, -0.2) is 50.0 Å². The smallest absolute Gasteiger partial charge is 0.339 e. The molecule has 1 rings (SSSR count). The molecule has 0 aliphatic carbocycles. The Hall–Kier alpha value is -2.00. The lowest BCUT2D eigenvalue weighted by atomic mass is 10.2. The summed E-state index contributed by atoms with van der Waals surface area (Å²) in [6, 6.07) is 2.54. The van der Waals surface area contributed by atoms with Gasteiger partial charge in [0.15, 0.2) is 0 Å². The molecule has 0 fully saturated rings. The molecule has 1 aromatic carbocycles. The molecule has 0 aromatic heterocycles. The minimum atomic E-state index is -4.28. The fraction of sp³-hybridized carbons (Fsp3) is 0.385. The Labute approximate surface area is 127 Å². The Morgan fingerprint density at radius 3 is 2.50 bits per heavy atom. The number of nitrogens with zero attached hydrogens (tertiary/aromatic N) is 1. The van der Waals surface area contributed by atoms with E-state index >= 15 is 0 Å². The number of aliphatic carboxylic acids is 1. The highest BCUT2D eigenvalue weighted by molar-refractivity contribution is 7.89. The third kappa shape index (κ3) is 4.01. The minimum absolute atomic E-state index is 0.0490.